The van der Waals surface area contributed by atoms with Crippen molar-refractivity contribution >= 4 is 16.3 Å². The van der Waals surface area contributed by atoms with Crippen LogP contribution in [0.3, 0.4) is 0 Å². The lowest BCUT2D eigenvalue weighted by atomic mass is 10.0. The Morgan fingerprint density at radius 3 is 2.94 bits per heavy atom. The van der Waals surface area contributed by atoms with Crippen molar-refractivity contribution in [3.05, 3.63) is 24.5 Å². The van der Waals surface area contributed by atoms with Gasteiger partial charge < -0.3 is 4.79 Å². The van der Waals surface area contributed by atoms with Crippen LogP contribution in [0.15, 0.2) is 29.4 Å². The maximum Gasteiger partial charge on any atom is 0.244 e. The van der Waals surface area contributed by atoms with Crippen LogP contribution in [0.4, 0.5) is 0 Å². The van der Waals surface area contributed by atoms with Gasteiger partial charge in [0.1, 0.15) is 11.2 Å². The second-order valence-corrected chi connectivity index (χ2v) is 6.03. The van der Waals surface area contributed by atoms with Crippen LogP contribution in [0.2, 0.25) is 0 Å². The fourth-order valence-corrected chi connectivity index (χ4v) is 3.45. The molecule has 17 heavy (non-hydrogen) atoms. The summed E-state index contributed by atoms with van der Waals surface area (Å²) < 4.78 is 25.8. The SMILES string of the molecule is O=CC1CCCN(S(=O)(=O)c2cccnc2)C1. The summed E-state index contributed by atoms with van der Waals surface area (Å²) in [6, 6.07) is 3.11. The molecule has 2 rings (SSSR count). The molecule has 2 heterocycles. The number of aldehydes is 1. The fourth-order valence-electron chi connectivity index (χ4n) is 1.95. The minimum Gasteiger partial charge on any atom is -0.303 e. The topological polar surface area (TPSA) is 67.3 Å². The van der Waals surface area contributed by atoms with Crippen molar-refractivity contribution in [1.29, 1.82) is 0 Å². The summed E-state index contributed by atoms with van der Waals surface area (Å²) in [5.74, 6) is -0.185. The summed E-state index contributed by atoms with van der Waals surface area (Å²) in [7, 11) is -3.49. The average Bonchev–Trinajstić information content (AvgIpc) is 2.40. The van der Waals surface area contributed by atoms with Crippen molar-refractivity contribution in [1.82, 2.24) is 9.29 Å². The standard InChI is InChI=1S/C11H14N2O3S/c14-9-10-3-2-6-13(8-10)17(15,16)11-4-1-5-12-7-11/h1,4-5,7,9-10H,2-3,6,8H2. The lowest BCUT2D eigenvalue weighted by molar-refractivity contribution is -0.112. The number of rotatable bonds is 3. The zero-order chi connectivity index (χ0) is 12.3. The van der Waals surface area contributed by atoms with Crippen LogP contribution in [0.25, 0.3) is 0 Å². The van der Waals surface area contributed by atoms with Gasteiger partial charge in [0.05, 0.1) is 0 Å². The molecule has 1 aliphatic heterocycles. The molecule has 6 heteroatoms. The van der Waals surface area contributed by atoms with Gasteiger partial charge in [0.25, 0.3) is 0 Å². The third-order valence-corrected chi connectivity index (χ3v) is 4.73. The van der Waals surface area contributed by atoms with Crippen LogP contribution in [0, 0.1) is 5.92 Å². The maximum atomic E-state index is 12.2. The van der Waals surface area contributed by atoms with Gasteiger partial charge in [-0.05, 0) is 25.0 Å². The highest BCUT2D eigenvalue weighted by atomic mass is 32.2. The summed E-state index contributed by atoms with van der Waals surface area (Å²) in [6.45, 7) is 0.752. The molecular weight excluding hydrogens is 240 g/mol. The lowest BCUT2D eigenvalue weighted by Gasteiger charge is -2.29. The van der Waals surface area contributed by atoms with E-state index in [-0.39, 0.29) is 17.4 Å². The molecule has 0 N–H and O–H groups in total. The van der Waals surface area contributed by atoms with Crippen molar-refractivity contribution in [2.75, 3.05) is 13.1 Å². The highest BCUT2D eigenvalue weighted by Crippen LogP contribution is 2.21. The summed E-state index contributed by atoms with van der Waals surface area (Å²) >= 11 is 0. The van der Waals surface area contributed by atoms with Crippen molar-refractivity contribution < 1.29 is 13.2 Å². The number of carbonyl (C=O) groups is 1. The summed E-state index contributed by atoms with van der Waals surface area (Å²) in [6.07, 6.45) is 5.19. The quantitative estimate of drug-likeness (QED) is 0.744. The van der Waals surface area contributed by atoms with Crippen molar-refractivity contribution in [2.45, 2.75) is 17.7 Å². The molecule has 0 radical (unpaired) electrons. The number of piperidine rings is 1. The van der Waals surface area contributed by atoms with E-state index in [9.17, 15) is 13.2 Å². The van der Waals surface area contributed by atoms with Gasteiger partial charge in [-0.1, -0.05) is 0 Å². The Labute approximate surface area is 101 Å². The van der Waals surface area contributed by atoms with E-state index in [1.54, 1.807) is 6.07 Å². The van der Waals surface area contributed by atoms with Gasteiger partial charge >= 0.3 is 0 Å². The number of pyridine rings is 1. The first-order chi connectivity index (χ1) is 8.14. The van der Waals surface area contributed by atoms with E-state index in [0.29, 0.717) is 6.54 Å². The Morgan fingerprint density at radius 2 is 2.29 bits per heavy atom. The number of nitrogens with zero attached hydrogens (tertiary/aromatic N) is 2. The van der Waals surface area contributed by atoms with Gasteiger partial charge in [0.2, 0.25) is 10.0 Å². The first-order valence-corrected chi connectivity index (χ1v) is 6.94. The van der Waals surface area contributed by atoms with Crippen LogP contribution < -0.4 is 0 Å². The number of aromatic nitrogens is 1. The van der Waals surface area contributed by atoms with E-state index >= 15 is 0 Å². The molecule has 0 aromatic carbocycles. The van der Waals surface area contributed by atoms with E-state index in [1.807, 2.05) is 0 Å². The summed E-state index contributed by atoms with van der Waals surface area (Å²) in [5.41, 5.74) is 0. The van der Waals surface area contributed by atoms with E-state index in [2.05, 4.69) is 4.98 Å². The molecule has 1 unspecified atom stereocenters. The second kappa shape index (κ2) is 4.93. The molecule has 0 spiro atoms. The van der Waals surface area contributed by atoms with Crippen LogP contribution in [-0.2, 0) is 14.8 Å². The molecule has 0 saturated carbocycles. The van der Waals surface area contributed by atoms with E-state index in [1.165, 1.54) is 22.8 Å². The van der Waals surface area contributed by atoms with Crippen molar-refractivity contribution in [3.63, 3.8) is 0 Å². The summed E-state index contributed by atoms with van der Waals surface area (Å²) in [4.78, 5) is 14.7. The van der Waals surface area contributed by atoms with E-state index in [4.69, 9.17) is 0 Å². The molecule has 1 atom stereocenters. The third-order valence-electron chi connectivity index (χ3n) is 2.89. The number of hydrogen-bond donors (Lipinski definition) is 0. The first kappa shape index (κ1) is 12.2. The van der Waals surface area contributed by atoms with E-state index < -0.39 is 10.0 Å². The molecule has 1 saturated heterocycles. The van der Waals surface area contributed by atoms with Crippen LogP contribution >= 0.6 is 0 Å². The maximum absolute atomic E-state index is 12.2. The highest BCUT2D eigenvalue weighted by Gasteiger charge is 2.29. The second-order valence-electron chi connectivity index (χ2n) is 4.09. The van der Waals surface area contributed by atoms with E-state index in [0.717, 1.165) is 19.1 Å². The average molecular weight is 254 g/mol. The molecule has 1 aromatic heterocycles. The Morgan fingerprint density at radius 1 is 1.47 bits per heavy atom. The number of sulfonamides is 1. The van der Waals surface area contributed by atoms with Gasteiger partial charge in [0, 0.05) is 31.4 Å². The zero-order valence-electron chi connectivity index (χ0n) is 9.32. The predicted molar refractivity (Wildman–Crippen MR) is 61.8 cm³/mol. The molecule has 92 valence electrons. The Kier molecular flexibility index (Phi) is 3.54. The minimum absolute atomic E-state index is 0.185. The molecule has 0 aliphatic carbocycles. The molecule has 1 aliphatic rings. The van der Waals surface area contributed by atoms with Crippen LogP contribution in [0.1, 0.15) is 12.8 Å². The number of carbonyl (C=O) groups excluding carboxylic acids is 1. The van der Waals surface area contributed by atoms with Crippen molar-refractivity contribution in [3.8, 4) is 0 Å². The first-order valence-electron chi connectivity index (χ1n) is 5.50. The third kappa shape index (κ3) is 2.53. The monoisotopic (exact) mass is 254 g/mol. The largest absolute Gasteiger partial charge is 0.303 e. The number of hydrogen-bond acceptors (Lipinski definition) is 4. The smallest absolute Gasteiger partial charge is 0.244 e. The zero-order valence-corrected chi connectivity index (χ0v) is 10.1. The van der Waals surface area contributed by atoms with Gasteiger partial charge in [0.15, 0.2) is 0 Å². The molecule has 5 nitrogen and oxygen atoms in total. The van der Waals surface area contributed by atoms with Gasteiger partial charge in [-0.15, -0.1) is 0 Å². The van der Waals surface area contributed by atoms with Gasteiger partial charge in [-0.2, -0.15) is 4.31 Å². The molecule has 0 bridgehead atoms. The molecule has 0 amide bonds. The molecule has 1 fully saturated rings. The highest BCUT2D eigenvalue weighted by molar-refractivity contribution is 7.89. The normalized spacial score (nSPS) is 22.2. The van der Waals surface area contributed by atoms with Crippen molar-refractivity contribution in [2.24, 2.45) is 5.92 Å². The Hall–Kier alpha value is -1.27. The Balaban J connectivity index is 2.24. The fraction of sp³-hybridized carbons (Fsp3) is 0.455. The summed E-state index contributed by atoms with van der Waals surface area (Å²) in [5, 5.41) is 0. The van der Waals surface area contributed by atoms with Gasteiger partial charge in [-0.3, -0.25) is 4.98 Å². The van der Waals surface area contributed by atoms with Crippen LogP contribution in [-0.4, -0.2) is 37.1 Å². The molecule has 1 aromatic rings. The lowest BCUT2D eigenvalue weighted by Crippen LogP contribution is -2.40. The van der Waals surface area contributed by atoms with Crippen LogP contribution in [0.5, 0.6) is 0 Å². The van der Waals surface area contributed by atoms with Gasteiger partial charge in [-0.25, -0.2) is 8.42 Å². The predicted octanol–water partition coefficient (Wildman–Crippen LogP) is 0.681. The molecular formula is C11H14N2O3S. The Bertz CT molecular complexity index is 487. The minimum atomic E-state index is -3.49.